The molecule has 5 rings (SSSR count). The molecule has 1 unspecified atom stereocenters. The molecule has 1 atom stereocenters. The SMILES string of the molecule is O=C(CC1CNC(=O)c2cc3cc(NC(=O)C4CCC4)ccc3n21)NC1CCCCC1. The maximum Gasteiger partial charge on any atom is 0.268 e. The van der Waals surface area contributed by atoms with Crippen molar-refractivity contribution in [2.24, 2.45) is 5.92 Å². The van der Waals surface area contributed by atoms with E-state index >= 15 is 0 Å². The van der Waals surface area contributed by atoms with Gasteiger partial charge in [-0.25, -0.2) is 0 Å². The third kappa shape index (κ3) is 4.05. The average Bonchev–Trinajstić information content (AvgIpc) is 3.09. The largest absolute Gasteiger partial charge is 0.353 e. The lowest BCUT2D eigenvalue weighted by Gasteiger charge is -2.28. The number of carbonyl (C=O) groups is 3. The van der Waals surface area contributed by atoms with Gasteiger partial charge in [-0.3, -0.25) is 14.4 Å². The molecule has 0 bridgehead atoms. The number of nitrogens with one attached hydrogen (secondary N) is 3. The van der Waals surface area contributed by atoms with Gasteiger partial charge in [0.2, 0.25) is 11.8 Å². The summed E-state index contributed by atoms with van der Waals surface area (Å²) in [5.74, 6) is 0.116. The fourth-order valence-electron chi connectivity index (χ4n) is 5.10. The van der Waals surface area contributed by atoms with Crippen molar-refractivity contribution < 1.29 is 14.4 Å². The molecule has 1 aromatic heterocycles. The summed E-state index contributed by atoms with van der Waals surface area (Å²) in [6.45, 7) is 0.438. The lowest BCUT2D eigenvalue weighted by molar-refractivity contribution is -0.123. The van der Waals surface area contributed by atoms with Crippen molar-refractivity contribution in [3.05, 3.63) is 30.0 Å². The molecule has 7 heteroatoms. The molecule has 1 aromatic carbocycles. The summed E-state index contributed by atoms with van der Waals surface area (Å²) < 4.78 is 1.99. The predicted molar refractivity (Wildman–Crippen MR) is 119 cm³/mol. The Morgan fingerprint density at radius 3 is 2.58 bits per heavy atom. The minimum absolute atomic E-state index is 0.0465. The van der Waals surface area contributed by atoms with E-state index in [-0.39, 0.29) is 35.7 Å². The van der Waals surface area contributed by atoms with Crippen molar-refractivity contribution in [3.8, 4) is 0 Å². The van der Waals surface area contributed by atoms with Crippen LogP contribution >= 0.6 is 0 Å². The first-order chi connectivity index (χ1) is 15.1. The Kier molecular flexibility index (Phi) is 5.42. The van der Waals surface area contributed by atoms with E-state index in [1.54, 1.807) is 0 Å². The summed E-state index contributed by atoms with van der Waals surface area (Å²) in [7, 11) is 0. The normalized spacial score (nSPS) is 21.8. The highest BCUT2D eigenvalue weighted by atomic mass is 16.2. The Hall–Kier alpha value is -2.83. The Labute approximate surface area is 181 Å². The Bertz CT molecular complexity index is 1020. The van der Waals surface area contributed by atoms with Gasteiger partial charge in [0.15, 0.2) is 0 Å². The molecule has 2 saturated carbocycles. The van der Waals surface area contributed by atoms with Crippen LogP contribution in [-0.2, 0) is 9.59 Å². The second-order valence-corrected chi connectivity index (χ2v) is 9.26. The summed E-state index contributed by atoms with van der Waals surface area (Å²) in [4.78, 5) is 37.5. The molecule has 164 valence electrons. The van der Waals surface area contributed by atoms with E-state index < -0.39 is 0 Å². The fraction of sp³-hybridized carbons (Fsp3) is 0.542. The van der Waals surface area contributed by atoms with Crippen LogP contribution in [0.3, 0.4) is 0 Å². The number of benzene rings is 1. The first-order valence-electron chi connectivity index (χ1n) is 11.6. The van der Waals surface area contributed by atoms with Crippen molar-refractivity contribution in [3.63, 3.8) is 0 Å². The van der Waals surface area contributed by atoms with Crippen molar-refractivity contribution in [2.45, 2.75) is 69.9 Å². The van der Waals surface area contributed by atoms with Crippen molar-refractivity contribution >= 4 is 34.3 Å². The van der Waals surface area contributed by atoms with E-state index in [1.807, 2.05) is 28.8 Å². The molecular formula is C24H30N4O3. The molecule has 3 aliphatic rings. The van der Waals surface area contributed by atoms with Crippen LogP contribution in [0.1, 0.15) is 74.3 Å². The van der Waals surface area contributed by atoms with Gasteiger partial charge < -0.3 is 20.5 Å². The van der Waals surface area contributed by atoms with Crippen LogP contribution in [0.5, 0.6) is 0 Å². The van der Waals surface area contributed by atoms with Gasteiger partial charge >= 0.3 is 0 Å². The number of nitrogens with zero attached hydrogens (tertiary/aromatic N) is 1. The Balaban J connectivity index is 1.35. The van der Waals surface area contributed by atoms with E-state index in [4.69, 9.17) is 0 Å². The minimum atomic E-state index is -0.125. The van der Waals surface area contributed by atoms with Gasteiger partial charge in [-0.15, -0.1) is 0 Å². The molecule has 1 aliphatic heterocycles. The first-order valence-corrected chi connectivity index (χ1v) is 11.6. The second-order valence-electron chi connectivity index (χ2n) is 9.26. The maximum absolute atomic E-state index is 12.7. The highest BCUT2D eigenvalue weighted by Gasteiger charge is 2.30. The molecule has 2 aliphatic carbocycles. The average molecular weight is 423 g/mol. The molecule has 2 fully saturated rings. The van der Waals surface area contributed by atoms with Crippen LogP contribution in [0, 0.1) is 5.92 Å². The standard InChI is InChI=1S/C24H30N4O3/c29-22(26-17-7-2-1-3-8-17)13-19-14-25-24(31)21-12-16-11-18(9-10-20(16)28(19)21)27-23(30)15-5-4-6-15/h9-12,15,17,19H,1-8,13-14H2,(H,25,31)(H,26,29)(H,27,30). The number of hydrogen-bond acceptors (Lipinski definition) is 3. The molecule has 0 saturated heterocycles. The van der Waals surface area contributed by atoms with Gasteiger partial charge in [-0.1, -0.05) is 25.7 Å². The van der Waals surface area contributed by atoms with E-state index in [0.717, 1.165) is 48.7 Å². The molecular weight excluding hydrogens is 392 g/mol. The maximum atomic E-state index is 12.7. The third-order valence-electron chi connectivity index (χ3n) is 7.07. The summed E-state index contributed by atoms with van der Waals surface area (Å²) in [5, 5.41) is 10.0. The zero-order valence-electron chi connectivity index (χ0n) is 17.8. The molecule has 31 heavy (non-hydrogen) atoms. The fourth-order valence-corrected chi connectivity index (χ4v) is 5.10. The molecule has 7 nitrogen and oxygen atoms in total. The monoisotopic (exact) mass is 422 g/mol. The third-order valence-corrected chi connectivity index (χ3v) is 7.07. The van der Waals surface area contributed by atoms with Gasteiger partial charge in [-0.2, -0.15) is 0 Å². The summed E-state index contributed by atoms with van der Waals surface area (Å²) in [6, 6.07) is 7.77. The molecule has 3 amide bonds. The second kappa shape index (κ2) is 8.36. The number of carbonyl (C=O) groups excluding carboxylic acids is 3. The number of hydrogen-bond donors (Lipinski definition) is 3. The smallest absolute Gasteiger partial charge is 0.268 e. The van der Waals surface area contributed by atoms with E-state index in [9.17, 15) is 14.4 Å². The van der Waals surface area contributed by atoms with Crippen LogP contribution in [-0.4, -0.2) is 34.9 Å². The zero-order chi connectivity index (χ0) is 21.4. The molecule has 2 aromatic rings. The molecule has 0 radical (unpaired) electrons. The molecule has 0 spiro atoms. The van der Waals surface area contributed by atoms with Crippen LogP contribution in [0.2, 0.25) is 0 Å². The Morgan fingerprint density at radius 1 is 1.03 bits per heavy atom. The number of rotatable bonds is 5. The number of fused-ring (bicyclic) bond motifs is 3. The van der Waals surface area contributed by atoms with Crippen molar-refractivity contribution in [1.29, 1.82) is 0 Å². The van der Waals surface area contributed by atoms with Gasteiger partial charge in [0.1, 0.15) is 5.69 Å². The number of aromatic nitrogens is 1. The van der Waals surface area contributed by atoms with Gasteiger partial charge in [0.25, 0.3) is 5.91 Å². The summed E-state index contributed by atoms with van der Waals surface area (Å²) in [5.41, 5.74) is 2.24. The quantitative estimate of drug-likeness (QED) is 0.689. The summed E-state index contributed by atoms with van der Waals surface area (Å²) >= 11 is 0. The van der Waals surface area contributed by atoms with Crippen molar-refractivity contribution in [1.82, 2.24) is 15.2 Å². The van der Waals surface area contributed by atoms with Gasteiger partial charge in [0.05, 0.1) is 6.04 Å². The van der Waals surface area contributed by atoms with Crippen LogP contribution in [0.15, 0.2) is 24.3 Å². The zero-order valence-corrected chi connectivity index (χ0v) is 17.8. The Morgan fingerprint density at radius 2 is 1.84 bits per heavy atom. The number of anilines is 1. The van der Waals surface area contributed by atoms with Crippen LogP contribution in [0.4, 0.5) is 5.69 Å². The summed E-state index contributed by atoms with van der Waals surface area (Å²) in [6.07, 6.45) is 9.09. The predicted octanol–water partition coefficient (Wildman–Crippen LogP) is 3.50. The lowest BCUT2D eigenvalue weighted by Crippen LogP contribution is -2.42. The topological polar surface area (TPSA) is 92.2 Å². The van der Waals surface area contributed by atoms with Crippen LogP contribution in [0.25, 0.3) is 10.9 Å². The first kappa shape index (κ1) is 20.1. The van der Waals surface area contributed by atoms with Crippen LogP contribution < -0.4 is 16.0 Å². The van der Waals surface area contributed by atoms with E-state index in [1.165, 1.54) is 19.3 Å². The van der Waals surface area contributed by atoms with Gasteiger partial charge in [-0.05, 0) is 49.9 Å². The van der Waals surface area contributed by atoms with E-state index in [2.05, 4.69) is 16.0 Å². The lowest BCUT2D eigenvalue weighted by atomic mass is 9.85. The van der Waals surface area contributed by atoms with Gasteiger partial charge in [0, 0.05) is 41.5 Å². The molecule has 3 N–H and O–H groups in total. The minimum Gasteiger partial charge on any atom is -0.353 e. The van der Waals surface area contributed by atoms with E-state index in [0.29, 0.717) is 18.7 Å². The highest BCUT2D eigenvalue weighted by molar-refractivity contribution is 6.01. The molecule has 2 heterocycles. The number of amides is 3. The van der Waals surface area contributed by atoms with Crippen molar-refractivity contribution in [2.75, 3.05) is 11.9 Å². The highest BCUT2D eigenvalue weighted by Crippen LogP contribution is 2.32.